The summed E-state index contributed by atoms with van der Waals surface area (Å²) in [5.74, 6) is -0.0596. The van der Waals surface area contributed by atoms with Crippen molar-refractivity contribution in [2.24, 2.45) is 0 Å². The van der Waals surface area contributed by atoms with Crippen LogP contribution in [0.3, 0.4) is 0 Å². The molecule has 1 aromatic rings. The molecule has 0 aliphatic heterocycles. The number of nitrogen functional groups attached to an aromatic ring is 1. The number of rotatable bonds is 7. The van der Waals surface area contributed by atoms with Crippen molar-refractivity contribution in [1.82, 2.24) is 4.90 Å². The number of hydrogen-bond acceptors (Lipinski definition) is 6. The van der Waals surface area contributed by atoms with Crippen LogP contribution in [0, 0.1) is 0 Å². The first-order chi connectivity index (χ1) is 9.46. The standard InChI is InChI=1S/C13H23N3O2S2/c1-6-8(7-18-4)15-12-10(19-5)9(14)11(20-12)13(17)16(2)3/h8,15H,6-7,14H2,1-5H3. The number of anilines is 2. The van der Waals surface area contributed by atoms with Gasteiger partial charge in [-0.3, -0.25) is 4.79 Å². The Bertz CT molecular complexity index is 461. The number of carbonyl (C=O) groups excluding carboxylic acids is 1. The van der Waals surface area contributed by atoms with Crippen LogP contribution in [0.25, 0.3) is 0 Å². The van der Waals surface area contributed by atoms with Crippen molar-refractivity contribution in [3.8, 4) is 0 Å². The van der Waals surface area contributed by atoms with Crippen molar-refractivity contribution in [3.05, 3.63) is 4.88 Å². The average molecular weight is 317 g/mol. The fourth-order valence-electron chi connectivity index (χ4n) is 1.74. The van der Waals surface area contributed by atoms with Gasteiger partial charge in [0.15, 0.2) is 0 Å². The van der Waals surface area contributed by atoms with Gasteiger partial charge in [0, 0.05) is 27.2 Å². The zero-order valence-electron chi connectivity index (χ0n) is 12.6. The van der Waals surface area contributed by atoms with E-state index in [1.165, 1.54) is 11.3 Å². The number of nitrogens with one attached hydrogen (secondary N) is 1. The van der Waals surface area contributed by atoms with Crippen molar-refractivity contribution in [1.29, 1.82) is 0 Å². The molecule has 0 saturated carbocycles. The van der Waals surface area contributed by atoms with E-state index in [2.05, 4.69) is 12.2 Å². The van der Waals surface area contributed by atoms with E-state index in [1.807, 2.05) is 6.26 Å². The van der Waals surface area contributed by atoms with Gasteiger partial charge in [-0.15, -0.1) is 23.1 Å². The minimum atomic E-state index is -0.0596. The van der Waals surface area contributed by atoms with Crippen LogP contribution in [0.5, 0.6) is 0 Å². The molecule has 0 bridgehead atoms. The molecule has 1 aromatic heterocycles. The maximum Gasteiger partial charge on any atom is 0.265 e. The Morgan fingerprint density at radius 3 is 2.65 bits per heavy atom. The lowest BCUT2D eigenvalue weighted by atomic mass is 10.2. The maximum atomic E-state index is 12.1. The Balaban J connectivity index is 3.07. The summed E-state index contributed by atoms with van der Waals surface area (Å²) < 4.78 is 5.19. The number of methoxy groups -OCH3 is 1. The molecule has 7 heteroatoms. The Morgan fingerprint density at radius 2 is 2.20 bits per heavy atom. The van der Waals surface area contributed by atoms with Gasteiger partial charge in [0.05, 0.1) is 17.2 Å². The molecule has 0 saturated heterocycles. The Labute approximate surface area is 128 Å². The van der Waals surface area contributed by atoms with Crippen LogP contribution in [-0.4, -0.2) is 50.9 Å². The second kappa shape index (κ2) is 7.75. The first-order valence-electron chi connectivity index (χ1n) is 6.39. The van der Waals surface area contributed by atoms with E-state index in [0.29, 0.717) is 17.2 Å². The number of thioether (sulfide) groups is 1. The summed E-state index contributed by atoms with van der Waals surface area (Å²) in [7, 11) is 5.14. The van der Waals surface area contributed by atoms with Crippen LogP contribution in [0.4, 0.5) is 10.7 Å². The molecule has 0 aliphatic carbocycles. The van der Waals surface area contributed by atoms with E-state index in [4.69, 9.17) is 10.5 Å². The lowest BCUT2D eigenvalue weighted by molar-refractivity contribution is 0.0833. The fraction of sp³-hybridized carbons (Fsp3) is 0.615. The van der Waals surface area contributed by atoms with Crippen molar-refractivity contribution in [2.75, 3.05) is 45.1 Å². The van der Waals surface area contributed by atoms with Crippen molar-refractivity contribution in [2.45, 2.75) is 24.3 Å². The van der Waals surface area contributed by atoms with Crippen molar-refractivity contribution < 1.29 is 9.53 Å². The molecule has 5 nitrogen and oxygen atoms in total. The number of thiophene rings is 1. The number of amides is 1. The maximum absolute atomic E-state index is 12.1. The number of nitrogens with two attached hydrogens (primary N) is 1. The summed E-state index contributed by atoms with van der Waals surface area (Å²) in [5.41, 5.74) is 6.68. The highest BCUT2D eigenvalue weighted by Gasteiger charge is 2.22. The van der Waals surface area contributed by atoms with Crippen LogP contribution >= 0.6 is 23.1 Å². The van der Waals surface area contributed by atoms with Gasteiger partial charge in [-0.2, -0.15) is 0 Å². The van der Waals surface area contributed by atoms with Crippen LogP contribution in [-0.2, 0) is 4.74 Å². The number of carbonyl (C=O) groups is 1. The molecule has 1 rings (SSSR count). The summed E-state index contributed by atoms with van der Waals surface area (Å²) in [4.78, 5) is 15.2. The molecule has 3 N–H and O–H groups in total. The molecule has 1 amide bonds. The van der Waals surface area contributed by atoms with Gasteiger partial charge in [0.1, 0.15) is 9.88 Å². The Hall–Kier alpha value is -0.920. The first-order valence-corrected chi connectivity index (χ1v) is 8.43. The fourth-order valence-corrected chi connectivity index (χ4v) is 3.86. The summed E-state index contributed by atoms with van der Waals surface area (Å²) in [5, 5.41) is 4.37. The minimum Gasteiger partial charge on any atom is -0.396 e. The van der Waals surface area contributed by atoms with Gasteiger partial charge in [0.2, 0.25) is 0 Å². The molecule has 1 heterocycles. The van der Waals surface area contributed by atoms with Crippen LogP contribution in [0.15, 0.2) is 4.90 Å². The van der Waals surface area contributed by atoms with Gasteiger partial charge in [-0.25, -0.2) is 0 Å². The topological polar surface area (TPSA) is 67.6 Å². The number of ether oxygens (including phenoxy) is 1. The second-order valence-corrected chi connectivity index (χ2v) is 6.45. The normalized spacial score (nSPS) is 12.2. The zero-order valence-corrected chi connectivity index (χ0v) is 14.3. The predicted molar refractivity (Wildman–Crippen MR) is 88.1 cm³/mol. The van der Waals surface area contributed by atoms with Crippen molar-refractivity contribution >= 4 is 39.7 Å². The molecule has 0 aromatic carbocycles. The highest BCUT2D eigenvalue weighted by molar-refractivity contribution is 7.99. The van der Waals surface area contributed by atoms with Crippen LogP contribution in [0.1, 0.15) is 23.0 Å². The summed E-state index contributed by atoms with van der Waals surface area (Å²) in [6.07, 6.45) is 2.90. The monoisotopic (exact) mass is 317 g/mol. The van der Waals surface area contributed by atoms with E-state index in [-0.39, 0.29) is 11.9 Å². The Kier molecular flexibility index (Phi) is 6.64. The van der Waals surface area contributed by atoms with Gasteiger partial charge >= 0.3 is 0 Å². The summed E-state index contributed by atoms with van der Waals surface area (Å²) in [6.45, 7) is 2.72. The SMILES string of the molecule is CCC(COC)Nc1sc(C(=O)N(C)C)c(N)c1SC. The third-order valence-electron chi connectivity index (χ3n) is 2.90. The smallest absolute Gasteiger partial charge is 0.265 e. The zero-order chi connectivity index (χ0) is 15.3. The number of nitrogens with zero attached hydrogens (tertiary/aromatic N) is 1. The third kappa shape index (κ3) is 3.80. The molecule has 0 fully saturated rings. The Morgan fingerprint density at radius 1 is 1.55 bits per heavy atom. The van der Waals surface area contributed by atoms with Crippen LogP contribution < -0.4 is 11.1 Å². The molecule has 0 aliphatic rings. The van der Waals surface area contributed by atoms with E-state index in [9.17, 15) is 4.79 Å². The van der Waals surface area contributed by atoms with Gasteiger partial charge in [0.25, 0.3) is 5.91 Å². The summed E-state index contributed by atoms with van der Waals surface area (Å²) >= 11 is 2.97. The van der Waals surface area contributed by atoms with E-state index in [0.717, 1.165) is 16.3 Å². The van der Waals surface area contributed by atoms with Gasteiger partial charge in [-0.1, -0.05) is 6.92 Å². The quantitative estimate of drug-likeness (QED) is 0.757. The van der Waals surface area contributed by atoms with Gasteiger partial charge < -0.3 is 20.7 Å². The molecular weight excluding hydrogens is 294 g/mol. The largest absolute Gasteiger partial charge is 0.396 e. The molecule has 114 valence electrons. The highest BCUT2D eigenvalue weighted by atomic mass is 32.2. The molecule has 20 heavy (non-hydrogen) atoms. The van der Waals surface area contributed by atoms with Crippen LogP contribution in [0.2, 0.25) is 0 Å². The van der Waals surface area contributed by atoms with E-state index < -0.39 is 0 Å². The molecule has 0 radical (unpaired) electrons. The predicted octanol–water partition coefficient (Wildman–Crippen LogP) is 2.59. The lowest BCUT2D eigenvalue weighted by Gasteiger charge is -2.16. The molecular formula is C13H23N3O2S2. The molecule has 1 unspecified atom stereocenters. The molecule has 0 spiro atoms. The summed E-state index contributed by atoms with van der Waals surface area (Å²) in [6, 6.07) is 0.214. The first kappa shape index (κ1) is 17.1. The molecule has 1 atom stereocenters. The third-order valence-corrected chi connectivity index (χ3v) is 4.99. The van der Waals surface area contributed by atoms with Crippen molar-refractivity contribution in [3.63, 3.8) is 0 Å². The number of hydrogen-bond donors (Lipinski definition) is 2. The average Bonchev–Trinajstić information content (AvgIpc) is 2.73. The highest BCUT2D eigenvalue weighted by Crippen LogP contribution is 2.42. The van der Waals surface area contributed by atoms with E-state index >= 15 is 0 Å². The minimum absolute atomic E-state index is 0.0596. The second-order valence-electron chi connectivity index (χ2n) is 4.61. The van der Waals surface area contributed by atoms with E-state index in [1.54, 1.807) is 37.9 Å². The van der Waals surface area contributed by atoms with Gasteiger partial charge in [-0.05, 0) is 12.7 Å². The lowest BCUT2D eigenvalue weighted by Crippen LogP contribution is -2.23.